The van der Waals surface area contributed by atoms with Crippen LogP contribution in [0.5, 0.6) is 0 Å². The van der Waals surface area contributed by atoms with Crippen molar-refractivity contribution in [1.29, 1.82) is 0 Å². The third kappa shape index (κ3) is 7.38. The second-order valence-corrected chi connectivity index (χ2v) is 9.89. The topological polar surface area (TPSA) is 89.2 Å². The van der Waals surface area contributed by atoms with E-state index in [-0.39, 0.29) is 18.1 Å². The maximum absolute atomic E-state index is 14.6. The van der Waals surface area contributed by atoms with Crippen LogP contribution >= 0.6 is 0 Å². The van der Waals surface area contributed by atoms with Crippen LogP contribution in [0.2, 0.25) is 0 Å². The van der Waals surface area contributed by atoms with Crippen LogP contribution in [0, 0.1) is 11.6 Å². The van der Waals surface area contributed by atoms with Crippen LogP contribution < -0.4 is 5.73 Å². The zero-order chi connectivity index (χ0) is 23.8. The van der Waals surface area contributed by atoms with Gasteiger partial charge in [-0.2, -0.15) is 4.31 Å². The number of halogens is 2. The predicted molar refractivity (Wildman–Crippen MR) is 125 cm³/mol. The van der Waals surface area contributed by atoms with E-state index in [9.17, 15) is 17.2 Å². The monoisotopic (exact) mass is 474 g/mol. The van der Waals surface area contributed by atoms with Crippen molar-refractivity contribution in [3.63, 3.8) is 0 Å². The van der Waals surface area contributed by atoms with Gasteiger partial charge in [-0.15, -0.1) is 0 Å². The lowest BCUT2D eigenvalue weighted by atomic mass is 10.1. The van der Waals surface area contributed by atoms with Gasteiger partial charge in [0.15, 0.2) is 5.82 Å². The Kier molecular flexibility index (Phi) is 8.60. The Balaban J connectivity index is 1.74. The summed E-state index contributed by atoms with van der Waals surface area (Å²) in [5, 5.41) is 0. The molecule has 2 aromatic carbocycles. The first-order chi connectivity index (χ1) is 15.8. The molecule has 3 rings (SSSR count). The molecule has 1 heterocycles. The SMILES string of the molecule is CS(=O)(=O)N(CCCN)Cc1cccc(-c2nc(CCCc3cccc(F)c3)ncc2F)c1. The van der Waals surface area contributed by atoms with Gasteiger partial charge < -0.3 is 5.73 Å². The average Bonchev–Trinajstić information content (AvgIpc) is 2.77. The van der Waals surface area contributed by atoms with Gasteiger partial charge in [0.25, 0.3) is 0 Å². The van der Waals surface area contributed by atoms with E-state index in [1.54, 1.807) is 30.3 Å². The van der Waals surface area contributed by atoms with Crippen LogP contribution in [-0.2, 0) is 29.4 Å². The molecule has 0 radical (unpaired) electrons. The zero-order valence-electron chi connectivity index (χ0n) is 18.5. The molecule has 0 spiro atoms. The minimum absolute atomic E-state index is 0.167. The number of nitrogens with zero attached hydrogens (tertiary/aromatic N) is 3. The van der Waals surface area contributed by atoms with Gasteiger partial charge in [0.2, 0.25) is 10.0 Å². The molecule has 6 nitrogen and oxygen atoms in total. The van der Waals surface area contributed by atoms with Crippen molar-refractivity contribution in [3.05, 3.63) is 83.3 Å². The third-order valence-electron chi connectivity index (χ3n) is 5.19. The van der Waals surface area contributed by atoms with E-state index in [4.69, 9.17) is 5.73 Å². The fraction of sp³-hybridized carbons (Fsp3) is 0.333. The number of aromatic nitrogens is 2. The van der Waals surface area contributed by atoms with E-state index >= 15 is 0 Å². The highest BCUT2D eigenvalue weighted by Gasteiger charge is 2.17. The molecule has 176 valence electrons. The Hall–Kier alpha value is -2.75. The lowest BCUT2D eigenvalue weighted by Crippen LogP contribution is -2.31. The number of hydrogen-bond acceptors (Lipinski definition) is 5. The van der Waals surface area contributed by atoms with Gasteiger partial charge in [-0.25, -0.2) is 27.2 Å². The summed E-state index contributed by atoms with van der Waals surface area (Å²) in [6.45, 7) is 0.872. The van der Waals surface area contributed by atoms with Crippen molar-refractivity contribution in [2.45, 2.75) is 32.2 Å². The second kappa shape index (κ2) is 11.4. The molecule has 0 atom stereocenters. The van der Waals surface area contributed by atoms with E-state index in [1.807, 2.05) is 6.07 Å². The number of hydrogen-bond donors (Lipinski definition) is 1. The van der Waals surface area contributed by atoms with Crippen molar-refractivity contribution in [2.75, 3.05) is 19.3 Å². The smallest absolute Gasteiger partial charge is 0.211 e. The van der Waals surface area contributed by atoms with Crippen molar-refractivity contribution in [1.82, 2.24) is 14.3 Å². The Morgan fingerprint density at radius 2 is 1.76 bits per heavy atom. The largest absolute Gasteiger partial charge is 0.330 e. The van der Waals surface area contributed by atoms with E-state index < -0.39 is 15.8 Å². The standard InChI is InChI=1S/C24H28F2N4O2S/c1-33(31,32)30(13-5-12-27)17-19-8-2-9-20(14-19)24-22(26)16-28-23(29-24)11-4-7-18-6-3-10-21(25)15-18/h2-3,6,8-10,14-16H,4-5,7,11-13,17,27H2,1H3. The van der Waals surface area contributed by atoms with E-state index in [0.717, 1.165) is 23.6 Å². The molecule has 9 heteroatoms. The van der Waals surface area contributed by atoms with Crippen LogP contribution in [-0.4, -0.2) is 42.0 Å². The Morgan fingerprint density at radius 3 is 2.48 bits per heavy atom. The first kappa shape index (κ1) is 24.9. The summed E-state index contributed by atoms with van der Waals surface area (Å²) in [6, 6.07) is 13.4. The first-order valence-corrected chi connectivity index (χ1v) is 12.6. The fourth-order valence-electron chi connectivity index (χ4n) is 3.52. The van der Waals surface area contributed by atoms with Gasteiger partial charge >= 0.3 is 0 Å². The van der Waals surface area contributed by atoms with Crippen molar-refractivity contribution in [3.8, 4) is 11.3 Å². The molecule has 3 aromatic rings. The molecule has 1 aromatic heterocycles. The molecule has 0 unspecified atom stereocenters. The van der Waals surface area contributed by atoms with Crippen molar-refractivity contribution < 1.29 is 17.2 Å². The average molecular weight is 475 g/mol. The summed E-state index contributed by atoms with van der Waals surface area (Å²) in [5.41, 5.74) is 7.85. The van der Waals surface area contributed by atoms with Crippen LogP contribution in [0.4, 0.5) is 8.78 Å². The minimum atomic E-state index is -3.41. The van der Waals surface area contributed by atoms with Crippen LogP contribution in [0.25, 0.3) is 11.3 Å². The lowest BCUT2D eigenvalue weighted by Gasteiger charge is -2.20. The summed E-state index contributed by atoms with van der Waals surface area (Å²) in [6.07, 6.45) is 4.73. The minimum Gasteiger partial charge on any atom is -0.330 e. The molecule has 0 aliphatic rings. The summed E-state index contributed by atoms with van der Waals surface area (Å²) in [7, 11) is -3.41. The second-order valence-electron chi connectivity index (χ2n) is 7.91. The Labute approximate surface area is 193 Å². The number of rotatable bonds is 11. The van der Waals surface area contributed by atoms with Gasteiger partial charge in [0.1, 0.15) is 17.3 Å². The Bertz CT molecular complexity index is 1190. The van der Waals surface area contributed by atoms with Gasteiger partial charge in [-0.1, -0.05) is 30.3 Å². The van der Waals surface area contributed by atoms with E-state index in [2.05, 4.69) is 9.97 Å². The molecule has 0 aliphatic carbocycles. The highest BCUT2D eigenvalue weighted by molar-refractivity contribution is 7.88. The number of nitrogens with two attached hydrogens (primary N) is 1. The fourth-order valence-corrected chi connectivity index (χ4v) is 4.36. The molecular weight excluding hydrogens is 446 g/mol. The first-order valence-electron chi connectivity index (χ1n) is 10.8. The van der Waals surface area contributed by atoms with Crippen LogP contribution in [0.1, 0.15) is 29.8 Å². The lowest BCUT2D eigenvalue weighted by molar-refractivity contribution is 0.405. The number of sulfonamides is 1. The van der Waals surface area contributed by atoms with Crippen LogP contribution in [0.3, 0.4) is 0 Å². The maximum atomic E-state index is 14.6. The van der Waals surface area contributed by atoms with E-state index in [0.29, 0.717) is 50.2 Å². The molecular formula is C24H28F2N4O2S. The highest BCUT2D eigenvalue weighted by atomic mass is 32.2. The molecule has 0 aliphatic heterocycles. The third-order valence-corrected chi connectivity index (χ3v) is 6.44. The maximum Gasteiger partial charge on any atom is 0.211 e. The summed E-state index contributed by atoms with van der Waals surface area (Å²) < 4.78 is 53.4. The van der Waals surface area contributed by atoms with E-state index in [1.165, 1.54) is 16.4 Å². The summed E-state index contributed by atoms with van der Waals surface area (Å²) in [5.74, 6) is -0.330. The molecule has 0 saturated carbocycles. The zero-order valence-corrected chi connectivity index (χ0v) is 19.4. The molecule has 2 N–H and O–H groups in total. The van der Waals surface area contributed by atoms with Crippen molar-refractivity contribution >= 4 is 10.0 Å². The quantitative estimate of drug-likeness (QED) is 0.458. The van der Waals surface area contributed by atoms with Gasteiger partial charge in [0, 0.05) is 25.1 Å². The Morgan fingerprint density at radius 1 is 1.00 bits per heavy atom. The number of benzene rings is 2. The predicted octanol–water partition coefficient (Wildman–Crippen LogP) is 3.71. The van der Waals surface area contributed by atoms with Crippen LogP contribution in [0.15, 0.2) is 54.7 Å². The van der Waals surface area contributed by atoms with Crippen molar-refractivity contribution in [2.24, 2.45) is 5.73 Å². The molecule has 0 bridgehead atoms. The molecule has 0 amide bonds. The molecule has 0 fully saturated rings. The molecule has 33 heavy (non-hydrogen) atoms. The summed E-state index contributed by atoms with van der Waals surface area (Å²) >= 11 is 0. The normalized spacial score (nSPS) is 11.8. The molecule has 0 saturated heterocycles. The van der Waals surface area contributed by atoms with Gasteiger partial charge in [-0.05, 0) is 55.1 Å². The highest BCUT2D eigenvalue weighted by Crippen LogP contribution is 2.23. The van der Waals surface area contributed by atoms with Gasteiger partial charge in [-0.3, -0.25) is 0 Å². The number of aryl methyl sites for hydroxylation is 2. The summed E-state index contributed by atoms with van der Waals surface area (Å²) in [4.78, 5) is 8.49. The van der Waals surface area contributed by atoms with Gasteiger partial charge in [0.05, 0.1) is 12.5 Å².